The molecule has 0 atom stereocenters. The van der Waals surface area contributed by atoms with Gasteiger partial charge in [-0.3, -0.25) is 9.59 Å². The van der Waals surface area contributed by atoms with Crippen LogP contribution in [0.3, 0.4) is 0 Å². The van der Waals surface area contributed by atoms with Crippen LogP contribution in [0.15, 0.2) is 41.0 Å². The number of hydrogen-bond donors (Lipinski definition) is 1. The van der Waals surface area contributed by atoms with Gasteiger partial charge in [0.1, 0.15) is 0 Å². The van der Waals surface area contributed by atoms with Crippen molar-refractivity contribution in [3.05, 3.63) is 53.5 Å². The van der Waals surface area contributed by atoms with Crippen LogP contribution >= 0.6 is 0 Å². The van der Waals surface area contributed by atoms with Crippen LogP contribution in [0.4, 0.5) is 5.69 Å². The van der Waals surface area contributed by atoms with Gasteiger partial charge in [-0.25, -0.2) is 4.79 Å². The fraction of sp³-hybridized carbons (Fsp3) is 0.409. The fourth-order valence-corrected chi connectivity index (χ4v) is 3.46. The van der Waals surface area contributed by atoms with Gasteiger partial charge in [-0.15, -0.1) is 0 Å². The highest BCUT2D eigenvalue weighted by atomic mass is 16.5. The molecule has 2 aromatic rings. The van der Waals surface area contributed by atoms with Crippen LogP contribution in [0.5, 0.6) is 0 Å². The molecule has 0 aliphatic heterocycles. The highest BCUT2D eigenvalue weighted by Gasteiger charge is 2.23. The Bertz CT molecular complexity index is 869. The molecule has 0 bridgehead atoms. The standard InChI is InChI=1S/C22H26N2O5/c1-15-10-11-16(13-18(15)23-21(26)19-9-6-12-28-19)22(27)29-14-20(25)24(2)17-7-4-3-5-8-17/h6,9-13,17H,3-5,7-8,14H2,1-2H3,(H,23,26). The van der Waals surface area contributed by atoms with E-state index in [1.165, 1.54) is 18.8 Å². The van der Waals surface area contributed by atoms with Gasteiger partial charge in [0, 0.05) is 18.8 Å². The molecule has 1 N–H and O–H groups in total. The van der Waals surface area contributed by atoms with Gasteiger partial charge in [-0.2, -0.15) is 0 Å². The van der Waals surface area contributed by atoms with Gasteiger partial charge < -0.3 is 19.4 Å². The SMILES string of the molecule is Cc1ccc(C(=O)OCC(=O)N(C)C2CCCCC2)cc1NC(=O)c1ccco1. The smallest absolute Gasteiger partial charge is 0.338 e. The molecule has 2 amide bonds. The molecule has 1 heterocycles. The molecule has 3 rings (SSSR count). The van der Waals surface area contributed by atoms with Crippen LogP contribution in [-0.2, 0) is 9.53 Å². The number of ether oxygens (including phenoxy) is 1. The molecule has 0 spiro atoms. The monoisotopic (exact) mass is 398 g/mol. The summed E-state index contributed by atoms with van der Waals surface area (Å²) >= 11 is 0. The van der Waals surface area contributed by atoms with E-state index in [2.05, 4.69) is 5.32 Å². The van der Waals surface area contributed by atoms with E-state index < -0.39 is 11.9 Å². The first-order chi connectivity index (χ1) is 14.0. The maximum absolute atomic E-state index is 12.4. The zero-order chi connectivity index (χ0) is 20.8. The van der Waals surface area contributed by atoms with E-state index in [1.807, 2.05) is 6.92 Å². The van der Waals surface area contributed by atoms with Gasteiger partial charge >= 0.3 is 5.97 Å². The van der Waals surface area contributed by atoms with E-state index in [-0.39, 0.29) is 29.9 Å². The lowest BCUT2D eigenvalue weighted by molar-refractivity contribution is -0.135. The van der Waals surface area contributed by atoms with Gasteiger partial charge in [0.15, 0.2) is 12.4 Å². The molecule has 7 nitrogen and oxygen atoms in total. The topological polar surface area (TPSA) is 88.9 Å². The maximum Gasteiger partial charge on any atom is 0.338 e. The summed E-state index contributed by atoms with van der Waals surface area (Å²) in [6.07, 6.45) is 6.85. The summed E-state index contributed by atoms with van der Waals surface area (Å²) in [7, 11) is 1.76. The second-order valence-electron chi connectivity index (χ2n) is 7.33. The summed E-state index contributed by atoms with van der Waals surface area (Å²) in [4.78, 5) is 38.6. The minimum Gasteiger partial charge on any atom is -0.459 e. The summed E-state index contributed by atoms with van der Waals surface area (Å²) in [6.45, 7) is 1.52. The van der Waals surface area contributed by atoms with Crippen molar-refractivity contribution in [2.24, 2.45) is 0 Å². The Hall–Kier alpha value is -3.09. The van der Waals surface area contributed by atoms with E-state index in [0.29, 0.717) is 5.69 Å². The molecule has 0 unspecified atom stereocenters. The number of amides is 2. The van der Waals surface area contributed by atoms with Crippen molar-refractivity contribution in [3.8, 4) is 0 Å². The van der Waals surface area contributed by atoms with Gasteiger partial charge in [0.2, 0.25) is 0 Å². The van der Waals surface area contributed by atoms with Crippen molar-refractivity contribution in [2.75, 3.05) is 19.0 Å². The minimum atomic E-state index is -0.608. The van der Waals surface area contributed by atoms with E-state index in [9.17, 15) is 14.4 Å². The second kappa shape index (κ2) is 9.41. The number of aryl methyl sites for hydroxylation is 1. The van der Waals surface area contributed by atoms with E-state index in [4.69, 9.17) is 9.15 Å². The minimum absolute atomic E-state index is 0.175. The van der Waals surface area contributed by atoms with E-state index in [1.54, 1.807) is 36.2 Å². The molecule has 1 aliphatic rings. The molecule has 154 valence electrons. The van der Waals surface area contributed by atoms with Gasteiger partial charge in [-0.05, 0) is 49.6 Å². The normalized spacial score (nSPS) is 14.3. The Morgan fingerprint density at radius 3 is 2.62 bits per heavy atom. The third-order valence-corrected chi connectivity index (χ3v) is 5.31. The number of anilines is 1. The summed E-state index contributed by atoms with van der Waals surface area (Å²) in [5.41, 5.74) is 1.53. The number of esters is 1. The maximum atomic E-state index is 12.4. The second-order valence-corrected chi connectivity index (χ2v) is 7.33. The lowest BCUT2D eigenvalue weighted by atomic mass is 9.94. The molecule has 0 saturated heterocycles. The molecule has 29 heavy (non-hydrogen) atoms. The predicted molar refractivity (Wildman–Crippen MR) is 108 cm³/mol. The van der Waals surface area contributed by atoms with Crippen LogP contribution < -0.4 is 5.32 Å². The largest absolute Gasteiger partial charge is 0.459 e. The van der Waals surface area contributed by atoms with Crippen LogP contribution in [0.25, 0.3) is 0 Å². The van der Waals surface area contributed by atoms with Crippen LogP contribution in [0.1, 0.15) is 58.6 Å². The van der Waals surface area contributed by atoms with Gasteiger partial charge in [0.25, 0.3) is 11.8 Å². The molecule has 1 aromatic carbocycles. The summed E-state index contributed by atoms with van der Waals surface area (Å²) in [5.74, 6) is -1.05. The number of nitrogens with zero attached hydrogens (tertiary/aromatic N) is 1. The van der Waals surface area contributed by atoms with Gasteiger partial charge in [-0.1, -0.05) is 25.3 Å². The zero-order valence-electron chi connectivity index (χ0n) is 16.8. The Balaban J connectivity index is 1.59. The third-order valence-electron chi connectivity index (χ3n) is 5.31. The van der Waals surface area contributed by atoms with E-state index >= 15 is 0 Å². The highest BCUT2D eigenvalue weighted by Crippen LogP contribution is 2.22. The molecule has 1 fully saturated rings. The number of furan rings is 1. The van der Waals surface area contributed by atoms with Crippen molar-refractivity contribution in [1.82, 2.24) is 4.90 Å². The average molecular weight is 398 g/mol. The first-order valence-electron chi connectivity index (χ1n) is 9.84. The number of likely N-dealkylation sites (N-methyl/N-ethyl adjacent to an activating group) is 1. The molecule has 1 aromatic heterocycles. The Kier molecular flexibility index (Phi) is 6.69. The van der Waals surface area contributed by atoms with E-state index in [0.717, 1.165) is 31.2 Å². The Morgan fingerprint density at radius 1 is 1.17 bits per heavy atom. The van der Waals surface area contributed by atoms with Crippen molar-refractivity contribution in [3.63, 3.8) is 0 Å². The Morgan fingerprint density at radius 2 is 1.93 bits per heavy atom. The van der Waals surface area contributed by atoms with Crippen molar-refractivity contribution in [2.45, 2.75) is 45.1 Å². The lowest BCUT2D eigenvalue weighted by Gasteiger charge is -2.31. The number of benzene rings is 1. The van der Waals surface area contributed by atoms with Gasteiger partial charge in [0.05, 0.1) is 11.8 Å². The quantitative estimate of drug-likeness (QED) is 0.748. The highest BCUT2D eigenvalue weighted by molar-refractivity contribution is 6.03. The van der Waals surface area contributed by atoms with Crippen LogP contribution in [0, 0.1) is 6.92 Å². The number of carbonyl (C=O) groups is 3. The number of carbonyl (C=O) groups excluding carboxylic acids is 3. The van der Waals surface area contributed by atoms with Crippen LogP contribution in [-0.4, -0.2) is 42.4 Å². The number of hydrogen-bond acceptors (Lipinski definition) is 5. The summed E-state index contributed by atoms with van der Waals surface area (Å²) < 4.78 is 10.3. The zero-order valence-corrected chi connectivity index (χ0v) is 16.8. The van der Waals surface area contributed by atoms with Crippen LogP contribution in [0.2, 0.25) is 0 Å². The first-order valence-corrected chi connectivity index (χ1v) is 9.84. The summed E-state index contributed by atoms with van der Waals surface area (Å²) in [6, 6.07) is 8.25. The molecular formula is C22H26N2O5. The predicted octanol–water partition coefficient (Wildman–Crippen LogP) is 3.79. The van der Waals surface area contributed by atoms with Crippen molar-refractivity contribution in [1.29, 1.82) is 0 Å². The van der Waals surface area contributed by atoms with Crippen molar-refractivity contribution < 1.29 is 23.5 Å². The molecular weight excluding hydrogens is 372 g/mol. The van der Waals surface area contributed by atoms with Crippen molar-refractivity contribution >= 4 is 23.5 Å². The third kappa shape index (κ3) is 5.25. The summed E-state index contributed by atoms with van der Waals surface area (Å²) in [5, 5.41) is 2.72. The molecule has 7 heteroatoms. The molecule has 1 aliphatic carbocycles. The fourth-order valence-electron chi connectivity index (χ4n) is 3.46. The molecule has 0 radical (unpaired) electrons. The first kappa shape index (κ1) is 20.6. The Labute approximate surface area is 170 Å². The number of nitrogens with one attached hydrogen (secondary N) is 1. The average Bonchev–Trinajstić information content (AvgIpc) is 3.28. The molecule has 1 saturated carbocycles. The lowest BCUT2D eigenvalue weighted by Crippen LogP contribution is -2.40. The number of rotatable bonds is 6.